The number of thiazole rings is 1. The second kappa shape index (κ2) is 16.2. The fourth-order valence-corrected chi connectivity index (χ4v) is 8.64. The van der Waals surface area contributed by atoms with Crippen LogP contribution in [-0.2, 0) is 29.8 Å². The second-order valence-corrected chi connectivity index (χ2v) is 13.9. The first-order valence-electron chi connectivity index (χ1n) is 12.9. The molecule has 22 heteroatoms. The highest BCUT2D eigenvalue weighted by Crippen LogP contribution is 2.46. The maximum atomic E-state index is 13.3. The number of carboxylic acid groups (broad SMARTS) is 1. The maximum Gasteiger partial charge on any atom is 0.353 e. The van der Waals surface area contributed by atoms with E-state index in [1.165, 1.54) is 35.3 Å². The number of nitrogens with zero attached hydrogens (tertiary/aromatic N) is 5. The molecule has 2 aliphatic heterocycles. The predicted molar refractivity (Wildman–Crippen MR) is 175 cm³/mol. The molecule has 246 valence electrons. The number of carbonyl (C=O) groups is 4. The summed E-state index contributed by atoms with van der Waals surface area (Å²) in [7, 11) is 0. The Hall–Kier alpha value is -3.79. The average molecular weight is 733 g/mol. The van der Waals surface area contributed by atoms with Crippen molar-refractivity contribution in [3.63, 3.8) is 0 Å². The molecule has 2 aromatic heterocycles. The molecule has 0 saturated carbocycles. The average Bonchev–Trinajstić information content (AvgIpc) is 3.35. The number of carboxylic acids is 1. The Labute approximate surface area is 282 Å². The van der Waals surface area contributed by atoms with Gasteiger partial charge in [0.1, 0.15) is 46.6 Å². The number of nitrogens with one attached hydrogen (secondary N) is 2. The van der Waals surface area contributed by atoms with Crippen molar-refractivity contribution in [1.29, 1.82) is 0 Å². The molecule has 4 rings (SSSR count). The molecule has 0 spiro atoms. The molecule has 0 aromatic carbocycles. The molecule has 0 bridgehead atoms. The van der Waals surface area contributed by atoms with Gasteiger partial charge in [-0.15, -0.1) is 11.8 Å². The molecule has 1 unspecified atom stereocenters. The minimum atomic E-state index is -1.32. The molecular weight excluding hydrogens is 707 g/mol. The van der Waals surface area contributed by atoms with Crippen molar-refractivity contribution in [2.45, 2.75) is 28.2 Å². The monoisotopic (exact) mass is 732 g/mol. The van der Waals surface area contributed by atoms with Crippen molar-refractivity contribution in [3.05, 3.63) is 44.7 Å². The van der Waals surface area contributed by atoms with E-state index >= 15 is 0 Å². The van der Waals surface area contributed by atoms with E-state index in [0.717, 1.165) is 21.8 Å². The molecular formula is C24H26ClFN10O6S4. The van der Waals surface area contributed by atoms with Crippen LogP contribution in [0, 0.1) is 0 Å². The van der Waals surface area contributed by atoms with Crippen molar-refractivity contribution in [2.75, 3.05) is 30.5 Å². The first kappa shape index (κ1) is 35.1. The van der Waals surface area contributed by atoms with Crippen molar-refractivity contribution in [3.8, 4) is 0 Å². The van der Waals surface area contributed by atoms with Crippen LogP contribution in [-0.4, -0.2) is 98.2 Å². The molecule has 2 aliphatic rings. The number of carbonyl (C=O) groups excluding carboxylic acids is 3. The van der Waals surface area contributed by atoms with Gasteiger partial charge < -0.3 is 37.8 Å². The number of alkyl halides is 1. The Kier molecular flexibility index (Phi) is 12.3. The van der Waals surface area contributed by atoms with Crippen LogP contribution in [0.25, 0.3) is 0 Å². The zero-order valence-corrected chi connectivity index (χ0v) is 27.4. The molecule has 9 N–H and O–H groups in total. The van der Waals surface area contributed by atoms with Gasteiger partial charge in [0.15, 0.2) is 16.8 Å². The van der Waals surface area contributed by atoms with E-state index in [0.29, 0.717) is 27.7 Å². The van der Waals surface area contributed by atoms with Crippen LogP contribution in [0.3, 0.4) is 0 Å². The summed E-state index contributed by atoms with van der Waals surface area (Å²) in [6.07, 6.45) is 3.05. The van der Waals surface area contributed by atoms with Crippen molar-refractivity contribution >= 4 is 99.2 Å². The van der Waals surface area contributed by atoms with Gasteiger partial charge in [-0.1, -0.05) is 39.9 Å². The number of aliphatic carboxylic acids is 1. The largest absolute Gasteiger partial charge is 0.477 e. The molecule has 3 amide bonds. The van der Waals surface area contributed by atoms with Gasteiger partial charge in [0, 0.05) is 39.5 Å². The van der Waals surface area contributed by atoms with E-state index in [1.807, 2.05) is 0 Å². The summed E-state index contributed by atoms with van der Waals surface area (Å²) in [4.78, 5) is 68.9. The Bertz CT molecular complexity index is 1590. The number of hydrogen-bond donors (Lipinski definition) is 6. The van der Waals surface area contributed by atoms with Gasteiger partial charge in [-0.2, -0.15) is 11.8 Å². The number of nitrogens with two attached hydrogens (primary N) is 3. The lowest BCUT2D eigenvalue weighted by Crippen LogP contribution is -2.71. The molecule has 2 aromatic rings. The highest BCUT2D eigenvalue weighted by molar-refractivity contribution is 8.06. The minimum Gasteiger partial charge on any atom is -0.477 e. The second-order valence-electron chi connectivity index (χ2n) is 9.03. The standard InChI is InChI=1S/C24H26ClFN10O6S4/c25-18-14(34-24(29)46-18)15(35-42-4-2-26)19(38)33-16-20(39)36-17(22(40)41)12(7-44-21(16)36)45-11-1-3-30-5-10(11)6-43-8-13(31-9-37)32-23(27)28/h1,3,5,9,13,16,21H,2,4,6-8H2,(H2,29,34)(H,31,37)(H,33,38)(H,40,41)(H4,27,28,32)/t13?,16-,21+/m1/s1. The number of rotatable bonds is 16. The first-order valence-corrected chi connectivity index (χ1v) is 17.1. The highest BCUT2D eigenvalue weighted by Gasteiger charge is 2.54. The van der Waals surface area contributed by atoms with Gasteiger partial charge in [0.2, 0.25) is 6.41 Å². The summed E-state index contributed by atoms with van der Waals surface area (Å²) < 4.78 is 12.6. The number of pyridine rings is 1. The molecule has 1 fully saturated rings. The van der Waals surface area contributed by atoms with Gasteiger partial charge in [0.25, 0.3) is 11.8 Å². The maximum absolute atomic E-state index is 13.3. The molecule has 0 aliphatic carbocycles. The minimum absolute atomic E-state index is 0.0294. The Morgan fingerprint density at radius 1 is 1.39 bits per heavy atom. The SMILES string of the molecule is NC(N)=NC(CSCc1cnccc1SC1=C(C(=O)O)N2C(=O)[C@@H](NC(=O)C(=NOCCF)c3nc(N)sc3Cl)[C@@H]2SC1)NC=O. The van der Waals surface area contributed by atoms with Gasteiger partial charge in [-0.3, -0.25) is 24.3 Å². The van der Waals surface area contributed by atoms with E-state index in [4.69, 9.17) is 33.6 Å². The van der Waals surface area contributed by atoms with E-state index in [1.54, 1.807) is 18.5 Å². The van der Waals surface area contributed by atoms with E-state index < -0.39 is 54.4 Å². The topological polar surface area (TPSA) is 254 Å². The molecule has 3 atom stereocenters. The third-order valence-corrected chi connectivity index (χ3v) is 10.8. The van der Waals surface area contributed by atoms with Gasteiger partial charge in [0.05, 0.1) is 0 Å². The molecule has 46 heavy (non-hydrogen) atoms. The Morgan fingerprint density at radius 3 is 2.83 bits per heavy atom. The number of halogens is 2. The van der Waals surface area contributed by atoms with Crippen LogP contribution in [0.15, 0.2) is 44.1 Å². The summed E-state index contributed by atoms with van der Waals surface area (Å²) in [5.41, 5.74) is 16.6. The summed E-state index contributed by atoms with van der Waals surface area (Å²) in [6, 6.07) is 0.620. The van der Waals surface area contributed by atoms with E-state index in [2.05, 4.69) is 30.7 Å². The van der Waals surface area contributed by atoms with Gasteiger partial charge in [-0.05, 0) is 11.6 Å². The van der Waals surface area contributed by atoms with Gasteiger partial charge >= 0.3 is 5.97 Å². The van der Waals surface area contributed by atoms with Crippen LogP contribution in [0.5, 0.6) is 0 Å². The lowest BCUT2D eigenvalue weighted by molar-refractivity contribution is -0.150. The molecule has 1 saturated heterocycles. The summed E-state index contributed by atoms with van der Waals surface area (Å²) in [5.74, 6) is -2.05. The normalized spacial score (nSPS) is 18.3. The van der Waals surface area contributed by atoms with Crippen LogP contribution in [0.2, 0.25) is 4.34 Å². The van der Waals surface area contributed by atoms with Crippen molar-refractivity contribution in [1.82, 2.24) is 25.5 Å². The number of oxime groups is 1. The van der Waals surface area contributed by atoms with Gasteiger partial charge in [-0.25, -0.2) is 19.2 Å². The third kappa shape index (κ3) is 8.32. The van der Waals surface area contributed by atoms with Crippen LogP contribution < -0.4 is 27.8 Å². The predicted octanol–water partition coefficient (Wildman–Crippen LogP) is 0.531. The number of guanidine groups is 1. The van der Waals surface area contributed by atoms with Crippen molar-refractivity contribution < 1.29 is 33.5 Å². The van der Waals surface area contributed by atoms with E-state index in [9.17, 15) is 28.7 Å². The van der Waals surface area contributed by atoms with Crippen LogP contribution >= 0.6 is 58.2 Å². The lowest BCUT2D eigenvalue weighted by Gasteiger charge is -2.49. The zero-order chi connectivity index (χ0) is 33.4. The fourth-order valence-electron chi connectivity index (χ4n) is 4.10. The smallest absolute Gasteiger partial charge is 0.353 e. The number of anilines is 1. The molecule has 16 nitrogen and oxygen atoms in total. The van der Waals surface area contributed by atoms with E-state index in [-0.39, 0.29) is 32.6 Å². The summed E-state index contributed by atoms with van der Waals surface area (Å²) in [5, 5.41) is 18.1. The third-order valence-electron chi connectivity index (χ3n) is 5.98. The summed E-state index contributed by atoms with van der Waals surface area (Å²) in [6.45, 7) is -1.31. The number of aromatic nitrogens is 2. The molecule has 0 radical (unpaired) electrons. The lowest BCUT2D eigenvalue weighted by atomic mass is 10.0. The first-order chi connectivity index (χ1) is 22.0. The fraction of sp³-hybridized carbons (Fsp3) is 0.333. The zero-order valence-electron chi connectivity index (χ0n) is 23.4. The molecule has 4 heterocycles. The highest BCUT2D eigenvalue weighted by atomic mass is 35.5. The number of fused-ring (bicyclic) bond motifs is 1. The number of β-lactam (4-membered cyclic amide) rings is 1. The Morgan fingerprint density at radius 2 is 2.17 bits per heavy atom. The number of aliphatic imine (C=N–C) groups is 1. The number of nitrogen functional groups attached to an aromatic ring is 1. The summed E-state index contributed by atoms with van der Waals surface area (Å²) >= 11 is 10.9. The van der Waals surface area contributed by atoms with Crippen molar-refractivity contribution in [2.24, 2.45) is 21.6 Å². The quantitative estimate of drug-likeness (QED) is 0.0344. The van der Waals surface area contributed by atoms with Crippen LogP contribution in [0.1, 0.15) is 11.3 Å². The number of amides is 3. The number of thioether (sulfide) groups is 3. The van der Waals surface area contributed by atoms with Crippen LogP contribution in [0.4, 0.5) is 9.52 Å². The number of hydrogen-bond acceptors (Lipinski definition) is 14. The Balaban J connectivity index is 1.49.